The van der Waals surface area contributed by atoms with Crippen molar-refractivity contribution in [1.82, 2.24) is 0 Å². The molecule has 46 heavy (non-hydrogen) atoms. The monoisotopic (exact) mass is 615 g/mol. The zero-order valence-corrected chi connectivity index (χ0v) is 26.2. The molecule has 1 unspecified atom stereocenters. The van der Waals surface area contributed by atoms with Crippen molar-refractivity contribution in [2.24, 2.45) is 0 Å². The van der Waals surface area contributed by atoms with Crippen LogP contribution in [0.25, 0.3) is 28.0 Å². The third-order valence-electron chi connectivity index (χ3n) is 9.96. The van der Waals surface area contributed by atoms with Crippen LogP contribution in [0.4, 0.5) is 14.5 Å². The summed E-state index contributed by atoms with van der Waals surface area (Å²) in [4.78, 5) is 2.35. The molecule has 2 aliphatic heterocycles. The van der Waals surface area contributed by atoms with Gasteiger partial charge in [-0.05, 0) is 88.7 Å². The van der Waals surface area contributed by atoms with Gasteiger partial charge in [0.25, 0.3) is 0 Å². The number of ether oxygens (including phenoxy) is 3. The second-order valence-corrected chi connectivity index (χ2v) is 12.9. The highest BCUT2D eigenvalue weighted by molar-refractivity contribution is 6.08. The van der Waals surface area contributed by atoms with Gasteiger partial charge in [0.1, 0.15) is 23.1 Å². The van der Waals surface area contributed by atoms with Gasteiger partial charge < -0.3 is 19.1 Å². The Hall–Kier alpha value is -4.68. The molecule has 2 heterocycles. The van der Waals surface area contributed by atoms with Crippen molar-refractivity contribution < 1.29 is 23.0 Å². The predicted molar refractivity (Wildman–Crippen MR) is 179 cm³/mol. The second-order valence-electron chi connectivity index (χ2n) is 12.9. The molecular weight excluding hydrogens is 580 g/mol. The summed E-state index contributed by atoms with van der Waals surface area (Å²) in [5, 5.41) is 1.57. The number of benzene rings is 5. The summed E-state index contributed by atoms with van der Waals surface area (Å²) in [6.07, 6.45) is 5.22. The van der Waals surface area contributed by atoms with Crippen molar-refractivity contribution >= 4 is 22.5 Å². The molecule has 0 N–H and O–H groups in total. The molecule has 5 aromatic rings. The van der Waals surface area contributed by atoms with E-state index < -0.39 is 11.0 Å². The number of nitrogens with zero attached hydrogens (tertiary/aromatic N) is 1. The largest absolute Gasteiger partial charge is 0.497 e. The normalized spacial score (nSPS) is 19.6. The molecule has 232 valence electrons. The fraction of sp³-hybridized carbons (Fsp3) is 0.250. The second kappa shape index (κ2) is 10.7. The topological polar surface area (TPSA) is 30.9 Å². The lowest BCUT2D eigenvalue weighted by Gasteiger charge is -2.38. The summed E-state index contributed by atoms with van der Waals surface area (Å²) in [6.45, 7) is 7.52. The molecule has 0 radical (unpaired) electrons. The smallest absolute Gasteiger partial charge is 0.178 e. The standard InChI is InChI=1S/C40H35F2NO3/c1-39(2)35-24-28(42)10-16-32(35)36-31-15-9-27(41)23-34(31)38-33(37(36)39)17-18-40(46-38,26-7-13-30(44-3)14-8-26)25-5-11-29(12-6-25)43-19-4-21-45-22-20-43/h5-18,23-24H,4,19-22H2,1-3H3. The molecule has 0 aromatic heterocycles. The van der Waals surface area contributed by atoms with Crippen LogP contribution in [0, 0.1) is 11.6 Å². The van der Waals surface area contributed by atoms with Crippen LogP contribution in [0.15, 0.2) is 91.0 Å². The summed E-state index contributed by atoms with van der Waals surface area (Å²) in [5.74, 6) is 0.743. The fourth-order valence-corrected chi connectivity index (χ4v) is 7.67. The molecule has 4 nitrogen and oxygen atoms in total. The first kappa shape index (κ1) is 28.8. The molecule has 8 rings (SSSR count). The molecule has 0 bridgehead atoms. The molecule has 1 saturated heterocycles. The van der Waals surface area contributed by atoms with Crippen LogP contribution in [0.5, 0.6) is 11.5 Å². The maximum Gasteiger partial charge on any atom is 0.178 e. The Labute approximate surface area is 267 Å². The molecule has 0 saturated carbocycles. The summed E-state index contributed by atoms with van der Waals surface area (Å²) >= 11 is 0. The van der Waals surface area contributed by atoms with Crippen molar-refractivity contribution in [3.8, 4) is 22.6 Å². The average Bonchev–Trinajstić information content (AvgIpc) is 3.23. The summed E-state index contributed by atoms with van der Waals surface area (Å²) in [7, 11) is 1.65. The Morgan fingerprint density at radius 2 is 1.50 bits per heavy atom. The van der Waals surface area contributed by atoms with E-state index in [1.54, 1.807) is 19.2 Å². The van der Waals surface area contributed by atoms with Gasteiger partial charge in [-0.25, -0.2) is 8.78 Å². The number of fused-ring (bicyclic) bond motifs is 8. The fourth-order valence-electron chi connectivity index (χ4n) is 7.67. The molecule has 1 atom stereocenters. The lowest BCUT2D eigenvalue weighted by Crippen LogP contribution is -2.35. The highest BCUT2D eigenvalue weighted by Gasteiger charge is 2.44. The minimum atomic E-state index is -1.01. The number of anilines is 1. The van der Waals surface area contributed by atoms with Crippen LogP contribution in [-0.4, -0.2) is 33.4 Å². The predicted octanol–water partition coefficient (Wildman–Crippen LogP) is 9.01. The zero-order chi connectivity index (χ0) is 31.6. The Morgan fingerprint density at radius 1 is 0.783 bits per heavy atom. The number of halogens is 2. The SMILES string of the molecule is COc1ccc(C2(c3ccc(N4CCCOCC4)cc3)C=Cc3c4c(c5ccc(F)cc5c3O2)-c2ccc(F)cc2C4(C)C)cc1. The van der Waals surface area contributed by atoms with Crippen LogP contribution in [0.2, 0.25) is 0 Å². The summed E-state index contributed by atoms with van der Waals surface area (Å²) in [5.41, 5.74) is 6.32. The van der Waals surface area contributed by atoms with E-state index in [-0.39, 0.29) is 11.6 Å². The quantitative estimate of drug-likeness (QED) is 0.202. The highest BCUT2D eigenvalue weighted by Crippen LogP contribution is 2.58. The summed E-state index contributed by atoms with van der Waals surface area (Å²) in [6, 6.07) is 26.3. The Balaban J connectivity index is 1.35. The molecule has 5 aromatic carbocycles. The van der Waals surface area contributed by atoms with Gasteiger partial charge in [0.15, 0.2) is 5.60 Å². The van der Waals surface area contributed by atoms with Gasteiger partial charge in [0.05, 0.1) is 13.7 Å². The average molecular weight is 616 g/mol. The van der Waals surface area contributed by atoms with Crippen LogP contribution in [0.1, 0.15) is 48.1 Å². The number of hydrogen-bond donors (Lipinski definition) is 0. The van der Waals surface area contributed by atoms with Crippen LogP contribution >= 0.6 is 0 Å². The van der Waals surface area contributed by atoms with Crippen molar-refractivity contribution in [3.63, 3.8) is 0 Å². The first-order chi connectivity index (χ1) is 22.3. The van der Waals surface area contributed by atoms with Gasteiger partial charge in [0.2, 0.25) is 0 Å². The van der Waals surface area contributed by atoms with Gasteiger partial charge in [-0.15, -0.1) is 0 Å². The number of methoxy groups -OCH3 is 1. The molecular formula is C40H35F2NO3. The Kier molecular flexibility index (Phi) is 6.69. The van der Waals surface area contributed by atoms with Crippen LogP contribution in [-0.2, 0) is 15.8 Å². The summed E-state index contributed by atoms with van der Waals surface area (Å²) < 4.78 is 48.2. The molecule has 3 aliphatic rings. The van der Waals surface area contributed by atoms with E-state index in [9.17, 15) is 4.39 Å². The lowest BCUT2D eigenvalue weighted by atomic mass is 9.76. The molecule has 1 fully saturated rings. The van der Waals surface area contributed by atoms with Gasteiger partial charge in [-0.1, -0.05) is 56.3 Å². The maximum absolute atomic E-state index is 15.1. The van der Waals surface area contributed by atoms with Gasteiger partial charge in [0, 0.05) is 52.9 Å². The minimum absolute atomic E-state index is 0.273. The first-order valence-electron chi connectivity index (χ1n) is 15.9. The van der Waals surface area contributed by atoms with E-state index in [1.807, 2.05) is 36.4 Å². The third-order valence-corrected chi connectivity index (χ3v) is 9.96. The van der Waals surface area contributed by atoms with Crippen molar-refractivity contribution in [1.29, 1.82) is 0 Å². The van der Waals surface area contributed by atoms with Crippen molar-refractivity contribution in [2.45, 2.75) is 31.3 Å². The minimum Gasteiger partial charge on any atom is -0.497 e. The highest BCUT2D eigenvalue weighted by atomic mass is 19.1. The van der Waals surface area contributed by atoms with Crippen LogP contribution < -0.4 is 14.4 Å². The molecule has 6 heteroatoms. The van der Waals surface area contributed by atoms with Crippen LogP contribution in [0.3, 0.4) is 0 Å². The van der Waals surface area contributed by atoms with Crippen molar-refractivity contribution in [2.75, 3.05) is 38.3 Å². The molecule has 0 spiro atoms. The van der Waals surface area contributed by atoms with E-state index in [4.69, 9.17) is 14.2 Å². The Bertz CT molecular complexity index is 2010. The Morgan fingerprint density at radius 3 is 2.26 bits per heavy atom. The third kappa shape index (κ3) is 4.34. The van der Waals surface area contributed by atoms with Gasteiger partial charge in [-0.3, -0.25) is 0 Å². The van der Waals surface area contributed by atoms with E-state index in [0.717, 1.165) is 81.9 Å². The zero-order valence-electron chi connectivity index (χ0n) is 26.2. The maximum atomic E-state index is 15.1. The van der Waals surface area contributed by atoms with E-state index >= 15 is 4.39 Å². The number of rotatable bonds is 4. The molecule has 1 aliphatic carbocycles. The number of hydrogen-bond acceptors (Lipinski definition) is 4. The van der Waals surface area contributed by atoms with Gasteiger partial charge >= 0.3 is 0 Å². The first-order valence-corrected chi connectivity index (χ1v) is 15.9. The van der Waals surface area contributed by atoms with Crippen molar-refractivity contribution in [3.05, 3.63) is 130 Å². The van der Waals surface area contributed by atoms with E-state index in [1.165, 1.54) is 12.1 Å². The molecule has 0 amide bonds. The van der Waals surface area contributed by atoms with E-state index in [2.05, 4.69) is 55.2 Å². The van der Waals surface area contributed by atoms with E-state index in [0.29, 0.717) is 17.7 Å². The lowest BCUT2D eigenvalue weighted by molar-refractivity contribution is 0.152. The van der Waals surface area contributed by atoms with Gasteiger partial charge in [-0.2, -0.15) is 0 Å².